The Balaban J connectivity index is 1.54. The third-order valence-corrected chi connectivity index (χ3v) is 4.79. The fourth-order valence-electron chi connectivity index (χ4n) is 3.45. The van der Waals surface area contributed by atoms with Crippen LogP contribution in [0.3, 0.4) is 0 Å². The van der Waals surface area contributed by atoms with Gasteiger partial charge >= 0.3 is 0 Å². The quantitative estimate of drug-likeness (QED) is 0.681. The van der Waals surface area contributed by atoms with Crippen LogP contribution in [0.4, 0.5) is 0 Å². The summed E-state index contributed by atoms with van der Waals surface area (Å²) in [5.74, 6) is 2.54. The summed E-state index contributed by atoms with van der Waals surface area (Å²) in [6.45, 7) is 4.41. The van der Waals surface area contributed by atoms with Gasteiger partial charge in [-0.2, -0.15) is 5.10 Å². The maximum Gasteiger partial charge on any atom is 0.193 e. The smallest absolute Gasteiger partial charge is 0.193 e. The summed E-state index contributed by atoms with van der Waals surface area (Å²) >= 11 is 0. The zero-order chi connectivity index (χ0) is 14.8. The first-order valence-electron chi connectivity index (χ1n) is 8.18. The fourth-order valence-corrected chi connectivity index (χ4v) is 3.45. The molecular weight excluding hydrogens is 262 g/mol. The molecule has 2 aliphatic rings. The fraction of sp³-hybridized carbons (Fsp3) is 0.750. The molecule has 1 N–H and O–H groups in total. The zero-order valence-corrected chi connectivity index (χ0v) is 13.4. The molecule has 1 aromatic heterocycles. The van der Waals surface area contributed by atoms with Gasteiger partial charge < -0.3 is 10.2 Å². The van der Waals surface area contributed by atoms with Crippen molar-refractivity contribution in [1.82, 2.24) is 20.0 Å². The van der Waals surface area contributed by atoms with E-state index < -0.39 is 0 Å². The molecule has 0 aromatic carbocycles. The van der Waals surface area contributed by atoms with Crippen LogP contribution in [0, 0.1) is 5.92 Å². The number of hydrogen-bond donors (Lipinski definition) is 1. The van der Waals surface area contributed by atoms with Gasteiger partial charge in [-0.15, -0.1) is 0 Å². The summed E-state index contributed by atoms with van der Waals surface area (Å²) in [5, 5.41) is 7.94. The molecule has 0 radical (unpaired) electrons. The highest BCUT2D eigenvalue weighted by atomic mass is 15.3. The third-order valence-electron chi connectivity index (χ3n) is 4.79. The van der Waals surface area contributed by atoms with Crippen LogP contribution in [0.2, 0.25) is 0 Å². The number of nitrogens with one attached hydrogen (secondary N) is 1. The number of aryl methyl sites for hydroxylation is 1. The lowest BCUT2D eigenvalue weighted by molar-refractivity contribution is 0.481. The first-order valence-corrected chi connectivity index (χ1v) is 8.18. The monoisotopic (exact) mass is 289 g/mol. The molecule has 21 heavy (non-hydrogen) atoms. The second-order valence-corrected chi connectivity index (χ2v) is 6.46. The molecule has 2 fully saturated rings. The lowest BCUT2D eigenvalue weighted by Crippen LogP contribution is -2.41. The lowest BCUT2D eigenvalue weighted by Gasteiger charge is -2.21. The standard InChI is InChI=1S/C16H27N5/c1-4-5-12-8-15(12)19-16(17-2)21-7-6-13(11-21)14-9-18-20(3)10-14/h9-10,12-13,15H,4-8,11H2,1-3H3,(H,17,19). The molecule has 1 saturated heterocycles. The summed E-state index contributed by atoms with van der Waals surface area (Å²) < 4.78 is 1.89. The van der Waals surface area contributed by atoms with E-state index in [-0.39, 0.29) is 0 Å². The predicted molar refractivity (Wildman–Crippen MR) is 85.4 cm³/mol. The van der Waals surface area contributed by atoms with Crippen molar-refractivity contribution in [3.05, 3.63) is 18.0 Å². The lowest BCUT2D eigenvalue weighted by atomic mass is 10.0. The Morgan fingerprint density at radius 1 is 1.52 bits per heavy atom. The second-order valence-electron chi connectivity index (χ2n) is 6.46. The molecule has 1 aliphatic carbocycles. The Hall–Kier alpha value is -1.52. The van der Waals surface area contributed by atoms with Gasteiger partial charge in [-0.25, -0.2) is 0 Å². The second kappa shape index (κ2) is 6.08. The van der Waals surface area contributed by atoms with Crippen molar-refractivity contribution in [1.29, 1.82) is 0 Å². The van der Waals surface area contributed by atoms with Gasteiger partial charge in [0.25, 0.3) is 0 Å². The highest BCUT2D eigenvalue weighted by molar-refractivity contribution is 5.81. The zero-order valence-electron chi connectivity index (χ0n) is 13.4. The van der Waals surface area contributed by atoms with Crippen molar-refractivity contribution in [3.8, 4) is 0 Å². The van der Waals surface area contributed by atoms with Crippen LogP contribution < -0.4 is 5.32 Å². The average Bonchev–Trinajstić information content (AvgIpc) is 2.90. The van der Waals surface area contributed by atoms with E-state index in [1.54, 1.807) is 0 Å². The van der Waals surface area contributed by atoms with Crippen molar-refractivity contribution in [2.24, 2.45) is 18.0 Å². The predicted octanol–water partition coefficient (Wildman–Crippen LogP) is 1.97. The van der Waals surface area contributed by atoms with Gasteiger partial charge in [0.05, 0.1) is 6.20 Å². The minimum Gasteiger partial charge on any atom is -0.353 e. The van der Waals surface area contributed by atoms with Crippen molar-refractivity contribution >= 4 is 5.96 Å². The van der Waals surface area contributed by atoms with Gasteiger partial charge in [-0.1, -0.05) is 13.3 Å². The van der Waals surface area contributed by atoms with Crippen molar-refractivity contribution < 1.29 is 0 Å². The molecular formula is C16H27N5. The van der Waals surface area contributed by atoms with Gasteiger partial charge in [0.15, 0.2) is 5.96 Å². The van der Waals surface area contributed by atoms with Gasteiger partial charge in [0.2, 0.25) is 0 Å². The Labute approximate surface area is 127 Å². The van der Waals surface area contributed by atoms with E-state index in [2.05, 4.69) is 33.4 Å². The molecule has 5 heteroatoms. The Bertz CT molecular complexity index is 507. The first-order chi connectivity index (χ1) is 10.2. The average molecular weight is 289 g/mol. The van der Waals surface area contributed by atoms with Crippen LogP contribution in [-0.2, 0) is 7.05 Å². The van der Waals surface area contributed by atoms with Gasteiger partial charge in [-0.3, -0.25) is 9.67 Å². The normalized spacial score (nSPS) is 29.0. The number of rotatable bonds is 4. The largest absolute Gasteiger partial charge is 0.353 e. The van der Waals surface area contributed by atoms with E-state index in [1.807, 2.05) is 25.0 Å². The molecule has 3 rings (SSSR count). The van der Waals surface area contributed by atoms with Crippen LogP contribution in [0.15, 0.2) is 17.4 Å². The summed E-state index contributed by atoms with van der Waals surface area (Å²) in [6, 6.07) is 0.654. The molecule has 0 amide bonds. The molecule has 2 heterocycles. The molecule has 3 unspecified atom stereocenters. The SMILES string of the molecule is CCCC1CC1NC(=NC)N1CCC(c2cnn(C)c2)C1. The summed E-state index contributed by atoms with van der Waals surface area (Å²) in [7, 11) is 3.88. The minimum absolute atomic E-state index is 0.586. The number of aliphatic imine (C=N–C) groups is 1. The van der Waals surface area contributed by atoms with Crippen molar-refractivity contribution in [2.75, 3.05) is 20.1 Å². The molecule has 5 nitrogen and oxygen atoms in total. The molecule has 0 spiro atoms. The van der Waals surface area contributed by atoms with Crippen molar-refractivity contribution in [3.63, 3.8) is 0 Å². The van der Waals surface area contributed by atoms with Gasteiger partial charge in [0, 0.05) is 45.3 Å². The maximum atomic E-state index is 4.49. The van der Waals surface area contributed by atoms with E-state index >= 15 is 0 Å². The molecule has 1 aliphatic heterocycles. The highest BCUT2D eigenvalue weighted by Gasteiger charge is 2.38. The number of hydrogen-bond acceptors (Lipinski definition) is 2. The third kappa shape index (κ3) is 3.22. The van der Waals surface area contributed by atoms with Crippen LogP contribution in [0.25, 0.3) is 0 Å². The Morgan fingerprint density at radius 2 is 2.38 bits per heavy atom. The van der Waals surface area contributed by atoms with Crippen LogP contribution in [0.5, 0.6) is 0 Å². The molecule has 116 valence electrons. The van der Waals surface area contributed by atoms with Crippen LogP contribution in [0.1, 0.15) is 44.1 Å². The topological polar surface area (TPSA) is 45.5 Å². The summed E-state index contributed by atoms with van der Waals surface area (Å²) in [4.78, 5) is 6.89. The van der Waals surface area contributed by atoms with Gasteiger partial charge in [-0.05, 0) is 30.7 Å². The molecule has 3 atom stereocenters. The van der Waals surface area contributed by atoms with E-state index in [1.165, 1.54) is 31.2 Å². The molecule has 1 aromatic rings. The van der Waals surface area contributed by atoms with E-state index in [0.717, 1.165) is 25.0 Å². The van der Waals surface area contributed by atoms with E-state index in [0.29, 0.717) is 12.0 Å². The maximum absolute atomic E-state index is 4.49. The number of likely N-dealkylation sites (tertiary alicyclic amines) is 1. The molecule has 1 saturated carbocycles. The molecule has 0 bridgehead atoms. The number of nitrogens with zero attached hydrogens (tertiary/aromatic N) is 4. The summed E-state index contributed by atoms with van der Waals surface area (Å²) in [5.41, 5.74) is 1.35. The first kappa shape index (κ1) is 14.4. The number of guanidine groups is 1. The van der Waals surface area contributed by atoms with Crippen LogP contribution >= 0.6 is 0 Å². The Morgan fingerprint density at radius 3 is 3.05 bits per heavy atom. The highest BCUT2D eigenvalue weighted by Crippen LogP contribution is 2.35. The van der Waals surface area contributed by atoms with Crippen LogP contribution in [-0.4, -0.2) is 46.8 Å². The van der Waals surface area contributed by atoms with Crippen molar-refractivity contribution in [2.45, 2.75) is 44.6 Å². The Kier molecular flexibility index (Phi) is 4.17. The summed E-state index contributed by atoms with van der Waals surface area (Å²) in [6.07, 6.45) is 9.27. The van der Waals surface area contributed by atoms with E-state index in [4.69, 9.17) is 0 Å². The van der Waals surface area contributed by atoms with Gasteiger partial charge in [0.1, 0.15) is 0 Å². The van der Waals surface area contributed by atoms with E-state index in [9.17, 15) is 0 Å². The minimum atomic E-state index is 0.586. The number of aromatic nitrogens is 2.